The summed E-state index contributed by atoms with van der Waals surface area (Å²) in [6, 6.07) is 9.94. The first kappa shape index (κ1) is 17.2. The molecule has 4 rings (SSSR count). The van der Waals surface area contributed by atoms with Gasteiger partial charge in [0.2, 0.25) is 5.91 Å². The third-order valence-corrected chi connectivity index (χ3v) is 4.78. The van der Waals surface area contributed by atoms with Gasteiger partial charge in [-0.15, -0.1) is 0 Å². The largest absolute Gasteiger partial charge is 0.465 e. The average molecular weight is 364 g/mol. The van der Waals surface area contributed by atoms with Crippen LogP contribution in [0.25, 0.3) is 10.9 Å². The number of aromatic nitrogens is 3. The molecule has 27 heavy (non-hydrogen) atoms. The zero-order valence-electron chi connectivity index (χ0n) is 15.2. The lowest BCUT2D eigenvalue weighted by Crippen LogP contribution is -2.26. The number of aryl methyl sites for hydroxylation is 1. The minimum atomic E-state index is -0.379. The number of carbonyl (C=O) groups is 2. The molecular weight excluding hydrogens is 344 g/mol. The molecule has 0 aliphatic carbocycles. The number of ether oxygens (including phenoxy) is 1. The molecule has 0 bridgehead atoms. The SMILES string of the molecule is CCOC(=O)Cn1nc(C)c2c1NC(=O)CC2c1ccc2ncccc2c1. The molecule has 1 atom stereocenters. The Morgan fingerprint density at radius 3 is 3.04 bits per heavy atom. The first-order valence-electron chi connectivity index (χ1n) is 8.94. The van der Waals surface area contributed by atoms with Crippen molar-refractivity contribution in [3.63, 3.8) is 0 Å². The van der Waals surface area contributed by atoms with Gasteiger partial charge in [0.15, 0.2) is 0 Å². The van der Waals surface area contributed by atoms with Gasteiger partial charge in [0.25, 0.3) is 0 Å². The molecule has 1 aliphatic rings. The molecule has 0 saturated carbocycles. The molecule has 7 nitrogen and oxygen atoms in total. The summed E-state index contributed by atoms with van der Waals surface area (Å²) in [6.45, 7) is 3.93. The number of rotatable bonds is 4. The van der Waals surface area contributed by atoms with Crippen molar-refractivity contribution in [2.75, 3.05) is 11.9 Å². The van der Waals surface area contributed by atoms with Gasteiger partial charge in [-0.1, -0.05) is 12.1 Å². The van der Waals surface area contributed by atoms with Gasteiger partial charge in [-0.05, 0) is 37.6 Å². The maximum absolute atomic E-state index is 12.4. The highest BCUT2D eigenvalue weighted by molar-refractivity contribution is 5.95. The average Bonchev–Trinajstić information content (AvgIpc) is 2.96. The van der Waals surface area contributed by atoms with E-state index in [2.05, 4.69) is 21.5 Å². The maximum atomic E-state index is 12.4. The van der Waals surface area contributed by atoms with Crippen LogP contribution in [0.2, 0.25) is 0 Å². The standard InChI is InChI=1S/C20H20N4O3/c1-3-27-18(26)11-24-20-19(12(2)23-24)15(10-17(25)22-20)13-6-7-16-14(9-13)5-4-8-21-16/h4-9,15H,3,10-11H2,1-2H3,(H,22,25). The zero-order chi connectivity index (χ0) is 19.0. The lowest BCUT2D eigenvalue weighted by atomic mass is 9.85. The number of amides is 1. The first-order valence-corrected chi connectivity index (χ1v) is 8.94. The summed E-state index contributed by atoms with van der Waals surface area (Å²) in [6.07, 6.45) is 2.10. The molecule has 3 heterocycles. The van der Waals surface area contributed by atoms with E-state index in [-0.39, 0.29) is 24.3 Å². The third-order valence-electron chi connectivity index (χ3n) is 4.78. The lowest BCUT2D eigenvalue weighted by molar-refractivity contribution is -0.144. The molecule has 1 unspecified atom stereocenters. The lowest BCUT2D eigenvalue weighted by Gasteiger charge is -2.24. The molecule has 138 valence electrons. The van der Waals surface area contributed by atoms with E-state index >= 15 is 0 Å². The number of nitrogens with zero attached hydrogens (tertiary/aromatic N) is 3. The van der Waals surface area contributed by atoms with Gasteiger partial charge in [-0.3, -0.25) is 14.6 Å². The van der Waals surface area contributed by atoms with Gasteiger partial charge in [-0.25, -0.2) is 4.68 Å². The summed E-state index contributed by atoms with van der Waals surface area (Å²) in [5, 5.41) is 8.38. The van der Waals surface area contributed by atoms with Gasteiger partial charge in [0, 0.05) is 29.5 Å². The van der Waals surface area contributed by atoms with Crippen LogP contribution in [0, 0.1) is 6.92 Å². The van der Waals surface area contributed by atoms with Crippen LogP contribution in [0.5, 0.6) is 0 Å². The topological polar surface area (TPSA) is 86.1 Å². The Labute approximate surface area is 156 Å². The van der Waals surface area contributed by atoms with Crippen LogP contribution >= 0.6 is 0 Å². The number of benzene rings is 1. The molecule has 3 aromatic rings. The number of carbonyl (C=O) groups excluding carboxylic acids is 2. The number of pyridine rings is 1. The van der Waals surface area contributed by atoms with Gasteiger partial charge < -0.3 is 10.1 Å². The Bertz CT molecular complexity index is 1040. The quantitative estimate of drug-likeness (QED) is 0.720. The molecule has 1 N–H and O–H groups in total. The number of nitrogens with one attached hydrogen (secondary N) is 1. The molecule has 1 aromatic carbocycles. The van der Waals surface area contributed by atoms with E-state index in [1.807, 2.05) is 31.2 Å². The van der Waals surface area contributed by atoms with Crippen LogP contribution < -0.4 is 5.32 Å². The molecule has 1 amide bonds. The molecule has 0 radical (unpaired) electrons. The molecule has 0 spiro atoms. The second kappa shape index (κ2) is 6.83. The second-order valence-electron chi connectivity index (χ2n) is 6.57. The highest BCUT2D eigenvalue weighted by Gasteiger charge is 2.32. The molecular formula is C20H20N4O3. The van der Waals surface area contributed by atoms with E-state index in [0.717, 1.165) is 27.7 Å². The van der Waals surface area contributed by atoms with E-state index < -0.39 is 0 Å². The maximum Gasteiger partial charge on any atom is 0.327 e. The number of esters is 1. The number of hydrogen-bond donors (Lipinski definition) is 1. The van der Waals surface area contributed by atoms with E-state index in [1.54, 1.807) is 13.1 Å². The summed E-state index contributed by atoms with van der Waals surface area (Å²) in [4.78, 5) is 28.6. The Hall–Kier alpha value is -3.22. The summed E-state index contributed by atoms with van der Waals surface area (Å²) in [7, 11) is 0. The van der Waals surface area contributed by atoms with Crippen molar-refractivity contribution in [3.05, 3.63) is 53.3 Å². The van der Waals surface area contributed by atoms with Crippen LogP contribution in [0.1, 0.15) is 36.1 Å². The highest BCUT2D eigenvalue weighted by atomic mass is 16.5. The summed E-state index contributed by atoms with van der Waals surface area (Å²) in [5.41, 5.74) is 3.69. The van der Waals surface area contributed by atoms with E-state index in [1.165, 1.54) is 4.68 Å². The summed E-state index contributed by atoms with van der Waals surface area (Å²) < 4.78 is 6.54. The first-order chi connectivity index (χ1) is 13.1. The van der Waals surface area contributed by atoms with Gasteiger partial charge >= 0.3 is 5.97 Å². The third kappa shape index (κ3) is 3.16. The minimum Gasteiger partial charge on any atom is -0.465 e. The second-order valence-corrected chi connectivity index (χ2v) is 6.57. The molecule has 0 saturated heterocycles. The smallest absolute Gasteiger partial charge is 0.327 e. The summed E-state index contributed by atoms with van der Waals surface area (Å²) in [5.74, 6) is -0.0119. The van der Waals surface area contributed by atoms with Crippen LogP contribution in [0.15, 0.2) is 36.5 Å². The Kier molecular flexibility index (Phi) is 4.35. The van der Waals surface area contributed by atoms with Crippen LogP contribution in [-0.2, 0) is 20.9 Å². The van der Waals surface area contributed by atoms with Crippen molar-refractivity contribution in [2.24, 2.45) is 0 Å². The predicted molar refractivity (Wildman–Crippen MR) is 100 cm³/mol. The van der Waals surface area contributed by atoms with E-state index in [4.69, 9.17) is 4.74 Å². The van der Waals surface area contributed by atoms with Crippen LogP contribution in [0.4, 0.5) is 5.82 Å². The Balaban J connectivity index is 1.77. The predicted octanol–water partition coefficient (Wildman–Crippen LogP) is 2.78. The summed E-state index contributed by atoms with van der Waals surface area (Å²) >= 11 is 0. The van der Waals surface area contributed by atoms with Crippen molar-refractivity contribution < 1.29 is 14.3 Å². The van der Waals surface area contributed by atoms with E-state index in [0.29, 0.717) is 18.8 Å². The molecule has 1 aliphatic heterocycles. The Morgan fingerprint density at radius 2 is 2.22 bits per heavy atom. The number of anilines is 1. The normalized spacial score (nSPS) is 16.1. The molecule has 7 heteroatoms. The Morgan fingerprint density at radius 1 is 1.37 bits per heavy atom. The fourth-order valence-electron chi connectivity index (χ4n) is 3.65. The van der Waals surface area contributed by atoms with Gasteiger partial charge in [-0.2, -0.15) is 5.10 Å². The number of hydrogen-bond acceptors (Lipinski definition) is 5. The monoisotopic (exact) mass is 364 g/mol. The molecule has 2 aromatic heterocycles. The fourth-order valence-corrected chi connectivity index (χ4v) is 3.65. The van der Waals surface area contributed by atoms with Crippen molar-refractivity contribution in [1.29, 1.82) is 0 Å². The minimum absolute atomic E-state index is 0.0291. The van der Waals surface area contributed by atoms with Crippen LogP contribution in [-0.4, -0.2) is 33.2 Å². The zero-order valence-corrected chi connectivity index (χ0v) is 15.2. The van der Waals surface area contributed by atoms with Crippen molar-refractivity contribution in [2.45, 2.75) is 32.7 Å². The van der Waals surface area contributed by atoms with Gasteiger partial charge in [0.1, 0.15) is 12.4 Å². The highest BCUT2D eigenvalue weighted by Crippen LogP contribution is 2.39. The van der Waals surface area contributed by atoms with Gasteiger partial charge in [0.05, 0.1) is 17.8 Å². The van der Waals surface area contributed by atoms with Crippen LogP contribution in [0.3, 0.4) is 0 Å². The van der Waals surface area contributed by atoms with E-state index in [9.17, 15) is 9.59 Å². The fraction of sp³-hybridized carbons (Fsp3) is 0.300. The van der Waals surface area contributed by atoms with Crippen molar-refractivity contribution in [1.82, 2.24) is 14.8 Å². The van der Waals surface area contributed by atoms with Crippen molar-refractivity contribution in [3.8, 4) is 0 Å². The number of fused-ring (bicyclic) bond motifs is 2. The van der Waals surface area contributed by atoms with Crippen molar-refractivity contribution >= 4 is 28.6 Å². The molecule has 0 fully saturated rings.